The van der Waals surface area contributed by atoms with Gasteiger partial charge in [-0.3, -0.25) is 9.59 Å². The van der Waals surface area contributed by atoms with Crippen molar-refractivity contribution in [2.24, 2.45) is 11.8 Å². The molecule has 1 aromatic carbocycles. The van der Waals surface area contributed by atoms with Gasteiger partial charge in [-0.2, -0.15) is 0 Å². The molecule has 0 atom stereocenters. The third-order valence-corrected chi connectivity index (χ3v) is 5.92. The van der Waals surface area contributed by atoms with Gasteiger partial charge in [-0.05, 0) is 37.0 Å². The number of hydrogen-bond acceptors (Lipinski definition) is 6. The zero-order valence-electron chi connectivity index (χ0n) is 16.8. The Balaban J connectivity index is 1.56. The number of rotatable bonds is 6. The van der Waals surface area contributed by atoms with E-state index in [2.05, 4.69) is 29.4 Å². The summed E-state index contributed by atoms with van der Waals surface area (Å²) in [6.07, 6.45) is 2.04. The Kier molecular flexibility index (Phi) is 7.08. The van der Waals surface area contributed by atoms with E-state index in [1.54, 1.807) is 23.1 Å². The lowest BCUT2D eigenvalue weighted by atomic mass is 9.95. The molecule has 3 rings (SSSR count). The molecule has 2 heterocycles. The topological polar surface area (TPSA) is 84.4 Å². The summed E-state index contributed by atoms with van der Waals surface area (Å²) in [5.41, 5.74) is 0.439. The molecule has 7 nitrogen and oxygen atoms in total. The highest BCUT2D eigenvalue weighted by Gasteiger charge is 2.29. The fourth-order valence-electron chi connectivity index (χ4n) is 3.31. The van der Waals surface area contributed by atoms with Crippen molar-refractivity contribution in [1.29, 1.82) is 0 Å². The van der Waals surface area contributed by atoms with Gasteiger partial charge in [0.25, 0.3) is 5.91 Å². The number of likely N-dealkylation sites (tertiary alicyclic amines) is 1. The van der Waals surface area contributed by atoms with Crippen LogP contribution in [-0.2, 0) is 11.2 Å². The summed E-state index contributed by atoms with van der Waals surface area (Å²) in [5.74, 6) is 0.632. The number of aromatic nitrogens is 2. The number of carbonyl (C=O) groups excluding carboxylic acids is 2. The molecule has 1 saturated heterocycles. The van der Waals surface area contributed by atoms with Gasteiger partial charge in [-0.25, -0.2) is 0 Å². The molecule has 2 amide bonds. The van der Waals surface area contributed by atoms with Gasteiger partial charge < -0.3 is 15.0 Å². The van der Waals surface area contributed by atoms with E-state index in [0.29, 0.717) is 53.3 Å². The molecule has 156 valence electrons. The van der Waals surface area contributed by atoms with E-state index in [1.165, 1.54) is 18.4 Å². The van der Waals surface area contributed by atoms with Gasteiger partial charge in [0.2, 0.25) is 11.0 Å². The van der Waals surface area contributed by atoms with Crippen LogP contribution >= 0.6 is 22.9 Å². The molecule has 0 bridgehead atoms. The van der Waals surface area contributed by atoms with E-state index in [4.69, 9.17) is 16.3 Å². The number of amides is 2. The molecule has 9 heteroatoms. The highest BCUT2D eigenvalue weighted by molar-refractivity contribution is 7.15. The Hall–Kier alpha value is -2.19. The molecular weight excluding hydrogens is 412 g/mol. The van der Waals surface area contributed by atoms with Gasteiger partial charge in [0.05, 0.1) is 12.7 Å². The molecule has 0 radical (unpaired) electrons. The van der Waals surface area contributed by atoms with Crippen LogP contribution in [-0.4, -0.2) is 47.1 Å². The molecule has 1 aromatic heterocycles. The second-order valence-electron chi connectivity index (χ2n) is 7.50. The second-order valence-corrected chi connectivity index (χ2v) is 9.00. The van der Waals surface area contributed by atoms with E-state index in [0.717, 1.165) is 11.4 Å². The first kappa shape index (κ1) is 21.5. The van der Waals surface area contributed by atoms with Gasteiger partial charge in [-0.1, -0.05) is 36.8 Å². The first-order valence-electron chi connectivity index (χ1n) is 9.63. The highest BCUT2D eigenvalue weighted by Crippen LogP contribution is 2.27. The van der Waals surface area contributed by atoms with Crippen LogP contribution in [0.25, 0.3) is 0 Å². The molecule has 29 heavy (non-hydrogen) atoms. The molecule has 1 fully saturated rings. The average molecular weight is 437 g/mol. The SMILES string of the molecule is COc1ccc(Cl)cc1C(=O)N1CCC(C(=O)Nc2nnc(CC(C)C)s2)CC1. The van der Waals surface area contributed by atoms with Crippen molar-refractivity contribution >= 4 is 39.9 Å². The normalized spacial score (nSPS) is 14.9. The third kappa shape index (κ3) is 5.45. The maximum absolute atomic E-state index is 12.9. The van der Waals surface area contributed by atoms with Crippen LogP contribution in [0.15, 0.2) is 18.2 Å². The number of nitrogens with one attached hydrogen (secondary N) is 1. The summed E-state index contributed by atoms with van der Waals surface area (Å²) in [5, 5.41) is 13.0. The lowest BCUT2D eigenvalue weighted by Gasteiger charge is -2.31. The minimum atomic E-state index is -0.155. The van der Waals surface area contributed by atoms with Gasteiger partial charge in [0.15, 0.2) is 0 Å². The third-order valence-electron chi connectivity index (χ3n) is 4.82. The molecule has 1 aliphatic heterocycles. The summed E-state index contributed by atoms with van der Waals surface area (Å²) in [6, 6.07) is 4.99. The molecule has 0 saturated carbocycles. The van der Waals surface area contributed by atoms with Crippen LogP contribution in [0.2, 0.25) is 5.02 Å². The predicted octanol–water partition coefficient (Wildman–Crippen LogP) is 3.89. The van der Waals surface area contributed by atoms with Gasteiger partial charge in [0, 0.05) is 30.5 Å². The number of carbonyl (C=O) groups is 2. The first-order valence-corrected chi connectivity index (χ1v) is 10.8. The number of methoxy groups -OCH3 is 1. The molecule has 1 N–H and O–H groups in total. The Labute approximate surface area is 179 Å². The summed E-state index contributed by atoms with van der Waals surface area (Å²) in [7, 11) is 1.52. The Bertz CT molecular complexity index is 878. The summed E-state index contributed by atoms with van der Waals surface area (Å²) < 4.78 is 5.28. The van der Waals surface area contributed by atoms with Gasteiger partial charge >= 0.3 is 0 Å². The smallest absolute Gasteiger partial charge is 0.257 e. The van der Waals surface area contributed by atoms with Crippen LogP contribution in [0, 0.1) is 11.8 Å². The number of nitrogens with zero attached hydrogens (tertiary/aromatic N) is 3. The number of halogens is 1. The minimum Gasteiger partial charge on any atom is -0.496 e. The summed E-state index contributed by atoms with van der Waals surface area (Å²) in [4.78, 5) is 27.2. The molecular formula is C20H25ClN4O3S. The minimum absolute atomic E-state index is 0.0651. The molecule has 0 spiro atoms. The van der Waals surface area contributed by atoms with Crippen molar-refractivity contribution in [3.8, 4) is 5.75 Å². The van der Waals surface area contributed by atoms with Crippen LogP contribution in [0.3, 0.4) is 0 Å². The van der Waals surface area contributed by atoms with Gasteiger partial charge in [0.1, 0.15) is 10.8 Å². The first-order chi connectivity index (χ1) is 13.9. The van der Waals surface area contributed by atoms with Crippen molar-refractivity contribution in [3.05, 3.63) is 33.8 Å². The average Bonchev–Trinajstić information content (AvgIpc) is 3.13. The van der Waals surface area contributed by atoms with E-state index in [1.807, 2.05) is 0 Å². The van der Waals surface area contributed by atoms with E-state index >= 15 is 0 Å². The van der Waals surface area contributed by atoms with Crippen molar-refractivity contribution < 1.29 is 14.3 Å². The van der Waals surface area contributed by atoms with E-state index in [-0.39, 0.29) is 17.7 Å². The Morgan fingerprint density at radius 3 is 2.69 bits per heavy atom. The van der Waals surface area contributed by atoms with Crippen molar-refractivity contribution in [3.63, 3.8) is 0 Å². The number of piperidine rings is 1. The number of ether oxygens (including phenoxy) is 1. The lowest BCUT2D eigenvalue weighted by molar-refractivity contribution is -0.121. The van der Waals surface area contributed by atoms with Gasteiger partial charge in [-0.15, -0.1) is 10.2 Å². The number of hydrogen-bond donors (Lipinski definition) is 1. The van der Waals surface area contributed by atoms with Crippen LogP contribution in [0.4, 0.5) is 5.13 Å². The summed E-state index contributed by atoms with van der Waals surface area (Å²) in [6.45, 7) is 5.24. The Morgan fingerprint density at radius 2 is 2.03 bits per heavy atom. The van der Waals surface area contributed by atoms with Crippen molar-refractivity contribution in [2.75, 3.05) is 25.5 Å². The van der Waals surface area contributed by atoms with E-state index < -0.39 is 0 Å². The largest absolute Gasteiger partial charge is 0.496 e. The maximum atomic E-state index is 12.9. The number of benzene rings is 1. The fourth-order valence-corrected chi connectivity index (χ4v) is 4.43. The van der Waals surface area contributed by atoms with Crippen molar-refractivity contribution in [2.45, 2.75) is 33.1 Å². The highest BCUT2D eigenvalue weighted by atomic mass is 35.5. The predicted molar refractivity (Wildman–Crippen MR) is 114 cm³/mol. The van der Waals surface area contributed by atoms with Crippen molar-refractivity contribution in [1.82, 2.24) is 15.1 Å². The lowest BCUT2D eigenvalue weighted by Crippen LogP contribution is -2.41. The molecule has 0 aliphatic carbocycles. The molecule has 1 aliphatic rings. The van der Waals surface area contributed by atoms with Crippen LogP contribution < -0.4 is 10.1 Å². The maximum Gasteiger partial charge on any atom is 0.257 e. The van der Waals surface area contributed by atoms with E-state index in [9.17, 15) is 9.59 Å². The standard InChI is InChI=1S/C20H25ClN4O3S/c1-12(2)10-17-23-24-20(29-17)22-18(26)13-6-8-25(9-7-13)19(27)15-11-14(21)4-5-16(15)28-3/h4-5,11-13H,6-10H2,1-3H3,(H,22,24,26). The summed E-state index contributed by atoms with van der Waals surface area (Å²) >= 11 is 7.46. The fraction of sp³-hybridized carbons (Fsp3) is 0.500. The zero-order valence-corrected chi connectivity index (χ0v) is 18.3. The quantitative estimate of drug-likeness (QED) is 0.742. The zero-order chi connectivity index (χ0) is 21.0. The second kappa shape index (κ2) is 9.54. The Morgan fingerprint density at radius 1 is 1.31 bits per heavy atom. The van der Waals surface area contributed by atoms with Crippen LogP contribution in [0.5, 0.6) is 5.75 Å². The number of anilines is 1. The monoisotopic (exact) mass is 436 g/mol. The van der Waals surface area contributed by atoms with Crippen LogP contribution in [0.1, 0.15) is 42.1 Å². The molecule has 0 unspecified atom stereocenters. The molecule has 2 aromatic rings.